The molecule has 0 bridgehead atoms. The fourth-order valence-electron chi connectivity index (χ4n) is 4.31. The summed E-state index contributed by atoms with van der Waals surface area (Å²) >= 11 is 0. The summed E-state index contributed by atoms with van der Waals surface area (Å²) in [5.41, 5.74) is 1.74. The summed E-state index contributed by atoms with van der Waals surface area (Å²) in [5.74, 6) is 1.67. The number of ether oxygens (including phenoxy) is 1. The molecule has 1 aromatic carbocycles. The molecule has 0 aromatic heterocycles. The number of rotatable bonds is 8. The molecule has 158 valence electrons. The zero-order valence-corrected chi connectivity index (χ0v) is 19.8. The van der Waals surface area contributed by atoms with Crippen LogP contribution in [0.25, 0.3) is 0 Å². The van der Waals surface area contributed by atoms with Crippen LogP contribution in [0.1, 0.15) is 37.7 Å². The van der Waals surface area contributed by atoms with Gasteiger partial charge in [-0.2, -0.15) is 0 Å². The topological polar surface area (TPSA) is 48.9 Å². The maximum absolute atomic E-state index is 5.19. The minimum atomic E-state index is 0. The molecule has 6 heteroatoms. The van der Waals surface area contributed by atoms with E-state index in [0.29, 0.717) is 0 Å². The molecule has 2 N–H and O–H groups in total. The third-order valence-corrected chi connectivity index (χ3v) is 6.39. The highest BCUT2D eigenvalue weighted by molar-refractivity contribution is 14.0. The van der Waals surface area contributed by atoms with Crippen molar-refractivity contribution in [3.05, 3.63) is 35.9 Å². The van der Waals surface area contributed by atoms with Crippen LogP contribution in [-0.2, 0) is 10.2 Å². The fraction of sp³-hybridized carbons (Fsp3) is 0.682. The predicted octanol–water partition coefficient (Wildman–Crippen LogP) is 3.25. The number of nitrogens with zero attached hydrogens (tertiary/aromatic N) is 2. The molecule has 1 saturated carbocycles. The highest BCUT2D eigenvalue weighted by Gasteiger charge is 2.38. The first-order valence-corrected chi connectivity index (χ1v) is 10.5. The van der Waals surface area contributed by atoms with Crippen molar-refractivity contribution in [2.75, 3.05) is 53.5 Å². The van der Waals surface area contributed by atoms with Gasteiger partial charge in [0.05, 0.1) is 6.61 Å². The molecule has 0 amide bonds. The van der Waals surface area contributed by atoms with Gasteiger partial charge < -0.3 is 20.3 Å². The van der Waals surface area contributed by atoms with Crippen LogP contribution >= 0.6 is 24.0 Å². The summed E-state index contributed by atoms with van der Waals surface area (Å²) in [5, 5.41) is 7.16. The minimum Gasteiger partial charge on any atom is -0.383 e. The maximum atomic E-state index is 5.19. The van der Waals surface area contributed by atoms with Gasteiger partial charge in [0.1, 0.15) is 0 Å². The van der Waals surface area contributed by atoms with E-state index < -0.39 is 0 Å². The Balaban J connectivity index is 0.00000280. The van der Waals surface area contributed by atoms with Gasteiger partial charge in [-0.3, -0.25) is 4.99 Å². The summed E-state index contributed by atoms with van der Waals surface area (Å²) in [6.45, 7) is 6.23. The second kappa shape index (κ2) is 12.0. The van der Waals surface area contributed by atoms with Gasteiger partial charge in [0, 0.05) is 39.2 Å². The number of nitrogens with one attached hydrogen (secondary N) is 2. The normalized spacial score (nSPS) is 20.1. The quantitative estimate of drug-likeness (QED) is 0.327. The van der Waals surface area contributed by atoms with E-state index >= 15 is 0 Å². The van der Waals surface area contributed by atoms with Crippen LogP contribution in [0.2, 0.25) is 0 Å². The Kier molecular flexibility index (Phi) is 10.0. The van der Waals surface area contributed by atoms with E-state index in [4.69, 9.17) is 4.74 Å². The maximum Gasteiger partial charge on any atom is 0.191 e. The van der Waals surface area contributed by atoms with Crippen molar-refractivity contribution in [3.63, 3.8) is 0 Å². The molecule has 0 unspecified atom stereocenters. The molecular formula is C22H37IN4O. The first-order valence-electron chi connectivity index (χ1n) is 10.5. The molecule has 2 aliphatic rings. The van der Waals surface area contributed by atoms with Crippen molar-refractivity contribution in [3.8, 4) is 0 Å². The third-order valence-electron chi connectivity index (χ3n) is 6.39. The van der Waals surface area contributed by atoms with E-state index in [9.17, 15) is 0 Å². The molecule has 3 rings (SSSR count). The van der Waals surface area contributed by atoms with E-state index in [-0.39, 0.29) is 29.4 Å². The van der Waals surface area contributed by atoms with E-state index in [0.717, 1.165) is 38.1 Å². The lowest BCUT2D eigenvalue weighted by atomic mass is 9.64. The van der Waals surface area contributed by atoms with Crippen LogP contribution in [0.5, 0.6) is 0 Å². The van der Waals surface area contributed by atoms with E-state index in [1.165, 1.54) is 50.8 Å². The van der Waals surface area contributed by atoms with Crippen molar-refractivity contribution in [1.82, 2.24) is 15.5 Å². The Bertz CT molecular complexity index is 583. The number of halogens is 1. The van der Waals surface area contributed by atoms with Crippen LogP contribution in [0.4, 0.5) is 0 Å². The van der Waals surface area contributed by atoms with Crippen molar-refractivity contribution < 1.29 is 4.74 Å². The number of guanidine groups is 1. The van der Waals surface area contributed by atoms with Gasteiger partial charge in [0.2, 0.25) is 0 Å². The summed E-state index contributed by atoms with van der Waals surface area (Å²) in [7, 11) is 3.65. The minimum absolute atomic E-state index is 0. The number of hydrogen-bond donors (Lipinski definition) is 2. The SMILES string of the molecule is CN=C(NCC1CCN(CCOC)CC1)NCC1(c2ccccc2)CCC1.I. The molecule has 1 heterocycles. The molecule has 1 saturated heterocycles. The molecular weight excluding hydrogens is 463 g/mol. The Morgan fingerprint density at radius 1 is 1.18 bits per heavy atom. The Morgan fingerprint density at radius 2 is 1.89 bits per heavy atom. The first kappa shape index (κ1) is 23.4. The first-order chi connectivity index (χ1) is 13.3. The number of piperidine rings is 1. The highest BCUT2D eigenvalue weighted by atomic mass is 127. The molecule has 0 atom stereocenters. The van der Waals surface area contributed by atoms with Gasteiger partial charge in [-0.05, 0) is 50.3 Å². The molecule has 28 heavy (non-hydrogen) atoms. The largest absolute Gasteiger partial charge is 0.383 e. The van der Waals surface area contributed by atoms with E-state index in [2.05, 4.69) is 50.9 Å². The Labute approximate surface area is 187 Å². The monoisotopic (exact) mass is 500 g/mol. The summed E-state index contributed by atoms with van der Waals surface area (Å²) in [4.78, 5) is 6.96. The standard InChI is InChI=1S/C22H36N4O.HI/c1-23-21(24-17-19-9-13-26(14-10-19)15-16-27-2)25-18-22(11-6-12-22)20-7-4-3-5-8-20;/h3-5,7-8,19H,6,9-18H2,1-2H3,(H2,23,24,25);1H. The summed E-state index contributed by atoms with van der Waals surface area (Å²) < 4.78 is 5.19. The lowest BCUT2D eigenvalue weighted by Crippen LogP contribution is -2.50. The highest BCUT2D eigenvalue weighted by Crippen LogP contribution is 2.43. The lowest BCUT2D eigenvalue weighted by molar-refractivity contribution is 0.121. The summed E-state index contributed by atoms with van der Waals surface area (Å²) in [6.07, 6.45) is 6.36. The van der Waals surface area contributed by atoms with Gasteiger partial charge in [-0.25, -0.2) is 0 Å². The molecule has 0 radical (unpaired) electrons. The second-order valence-corrected chi connectivity index (χ2v) is 8.08. The van der Waals surface area contributed by atoms with Gasteiger partial charge >= 0.3 is 0 Å². The summed E-state index contributed by atoms with van der Waals surface area (Å²) in [6, 6.07) is 11.0. The van der Waals surface area contributed by atoms with Crippen molar-refractivity contribution >= 4 is 29.9 Å². The number of methoxy groups -OCH3 is 1. The van der Waals surface area contributed by atoms with Crippen molar-refractivity contribution in [2.45, 2.75) is 37.5 Å². The van der Waals surface area contributed by atoms with E-state index in [1.54, 1.807) is 7.11 Å². The average molecular weight is 500 g/mol. The average Bonchev–Trinajstić information content (AvgIpc) is 2.69. The molecule has 0 spiro atoms. The Hall–Kier alpha value is -0.860. The van der Waals surface area contributed by atoms with Crippen LogP contribution < -0.4 is 10.6 Å². The van der Waals surface area contributed by atoms with Gasteiger partial charge in [0.25, 0.3) is 0 Å². The molecule has 2 fully saturated rings. The smallest absolute Gasteiger partial charge is 0.191 e. The number of likely N-dealkylation sites (tertiary alicyclic amines) is 1. The van der Waals surface area contributed by atoms with Gasteiger partial charge in [-0.1, -0.05) is 36.8 Å². The van der Waals surface area contributed by atoms with E-state index in [1.807, 2.05) is 7.05 Å². The van der Waals surface area contributed by atoms with Crippen LogP contribution in [0.3, 0.4) is 0 Å². The molecule has 1 aliphatic carbocycles. The van der Waals surface area contributed by atoms with Crippen LogP contribution in [0.15, 0.2) is 35.3 Å². The molecule has 1 aromatic rings. The third kappa shape index (κ3) is 6.32. The van der Waals surface area contributed by atoms with Crippen molar-refractivity contribution in [2.24, 2.45) is 10.9 Å². The number of hydrogen-bond acceptors (Lipinski definition) is 3. The van der Waals surface area contributed by atoms with Gasteiger partial charge in [0.15, 0.2) is 5.96 Å². The van der Waals surface area contributed by atoms with Gasteiger partial charge in [-0.15, -0.1) is 24.0 Å². The fourth-order valence-corrected chi connectivity index (χ4v) is 4.31. The molecule has 5 nitrogen and oxygen atoms in total. The Morgan fingerprint density at radius 3 is 2.46 bits per heavy atom. The zero-order valence-electron chi connectivity index (χ0n) is 17.5. The van der Waals surface area contributed by atoms with Crippen LogP contribution in [0, 0.1) is 5.92 Å². The zero-order chi connectivity index (χ0) is 19.0. The lowest BCUT2D eigenvalue weighted by Gasteiger charge is -2.43. The van der Waals surface area contributed by atoms with Crippen molar-refractivity contribution in [1.29, 1.82) is 0 Å². The second-order valence-electron chi connectivity index (χ2n) is 8.08. The number of aliphatic imine (C=N–C) groups is 1. The van der Waals surface area contributed by atoms with Crippen LogP contribution in [-0.4, -0.2) is 64.3 Å². The predicted molar refractivity (Wildman–Crippen MR) is 128 cm³/mol. The number of benzene rings is 1. The molecule has 1 aliphatic heterocycles.